The summed E-state index contributed by atoms with van der Waals surface area (Å²) >= 11 is 0. The van der Waals surface area contributed by atoms with Gasteiger partial charge in [-0.3, -0.25) is 4.79 Å². The lowest BCUT2D eigenvalue weighted by molar-refractivity contribution is -0.273. The summed E-state index contributed by atoms with van der Waals surface area (Å²) < 4.78 is 52.4. The number of fused-ring (bicyclic) bond motifs is 2. The number of carboxylic acid groups (broad SMARTS) is 1. The van der Waals surface area contributed by atoms with Gasteiger partial charge >= 0.3 is 0 Å². The van der Waals surface area contributed by atoms with Gasteiger partial charge in [-0.05, 0) is 47.8 Å². The standard InChI is InChI=1S/C36H51N3O10S/c1-35(2,3)19-32(41)37-15-14-36(4,5)22-38(50(44,45)25-11-12-30-31(18-25)49-23-48-30)20-29(40)27(17-24-9-7-6-8-10-24)39(34(42)43)28-21-47-33-26(28)13-16-46-33/h6-12,18,26-29,33,40H,13-17,19-23H2,1-5H3,(H,37,41)(H,42,43)/p-1/t26-,27-,28-,29+,33+/m0/s1. The van der Waals surface area contributed by atoms with Crippen molar-refractivity contribution >= 4 is 22.0 Å². The predicted molar refractivity (Wildman–Crippen MR) is 182 cm³/mol. The van der Waals surface area contributed by atoms with Crippen LogP contribution in [0.5, 0.6) is 11.5 Å². The fourth-order valence-electron chi connectivity index (χ4n) is 6.93. The van der Waals surface area contributed by atoms with Gasteiger partial charge in [0.2, 0.25) is 22.7 Å². The van der Waals surface area contributed by atoms with Crippen LogP contribution in [-0.2, 0) is 30.7 Å². The second kappa shape index (κ2) is 15.4. The molecule has 0 radical (unpaired) electrons. The molecule has 0 unspecified atom stereocenters. The van der Waals surface area contributed by atoms with Gasteiger partial charge in [0.15, 0.2) is 17.8 Å². The molecule has 3 heterocycles. The monoisotopic (exact) mass is 716 g/mol. The minimum absolute atomic E-state index is 0.0345. The minimum atomic E-state index is -4.28. The van der Waals surface area contributed by atoms with Gasteiger partial charge in [0, 0.05) is 38.0 Å². The number of amides is 2. The van der Waals surface area contributed by atoms with Crippen LogP contribution < -0.4 is 19.9 Å². The van der Waals surface area contributed by atoms with E-state index in [4.69, 9.17) is 18.9 Å². The van der Waals surface area contributed by atoms with Crippen LogP contribution in [0.2, 0.25) is 0 Å². The first kappa shape index (κ1) is 37.8. The van der Waals surface area contributed by atoms with Gasteiger partial charge in [0.1, 0.15) is 6.09 Å². The van der Waals surface area contributed by atoms with Crippen molar-refractivity contribution in [1.29, 1.82) is 0 Å². The Labute approximate surface area is 294 Å². The molecule has 50 heavy (non-hydrogen) atoms. The molecule has 14 heteroatoms. The van der Waals surface area contributed by atoms with Gasteiger partial charge < -0.3 is 44.2 Å². The number of nitrogens with one attached hydrogen (secondary N) is 1. The van der Waals surface area contributed by atoms with Gasteiger partial charge in [-0.25, -0.2) is 8.42 Å². The first-order valence-electron chi connectivity index (χ1n) is 17.2. The molecule has 0 spiro atoms. The summed E-state index contributed by atoms with van der Waals surface area (Å²) in [5.41, 5.74) is -0.0936. The summed E-state index contributed by atoms with van der Waals surface area (Å²) in [5, 5.41) is 27.9. The molecule has 2 N–H and O–H groups in total. The molecular weight excluding hydrogens is 666 g/mol. The van der Waals surface area contributed by atoms with Gasteiger partial charge in [0.05, 0.1) is 36.3 Å². The summed E-state index contributed by atoms with van der Waals surface area (Å²) in [6.45, 7) is 10.0. The highest BCUT2D eigenvalue weighted by Crippen LogP contribution is 2.38. The number of ether oxygens (including phenoxy) is 4. The fourth-order valence-corrected chi connectivity index (χ4v) is 8.59. The highest BCUT2D eigenvalue weighted by molar-refractivity contribution is 7.89. The molecular formula is C36H50N3O10S-. The average molecular weight is 717 g/mol. The van der Waals surface area contributed by atoms with E-state index in [2.05, 4.69) is 5.32 Å². The van der Waals surface area contributed by atoms with E-state index in [9.17, 15) is 28.2 Å². The topological polar surface area (TPSA) is 167 Å². The Hall–Kier alpha value is -3.43. The minimum Gasteiger partial charge on any atom is -0.530 e. The first-order chi connectivity index (χ1) is 23.5. The summed E-state index contributed by atoms with van der Waals surface area (Å²) in [7, 11) is -4.28. The Morgan fingerprint density at radius 2 is 1.76 bits per heavy atom. The first-order valence-corrected chi connectivity index (χ1v) is 18.6. The number of aliphatic hydroxyl groups is 1. The van der Waals surface area contributed by atoms with Crippen LogP contribution >= 0.6 is 0 Å². The number of nitrogens with zero attached hydrogens (tertiary/aromatic N) is 2. The highest BCUT2D eigenvalue weighted by Gasteiger charge is 2.47. The Morgan fingerprint density at radius 1 is 1.04 bits per heavy atom. The predicted octanol–water partition coefficient (Wildman–Crippen LogP) is 2.75. The highest BCUT2D eigenvalue weighted by atomic mass is 32.2. The molecule has 2 aromatic carbocycles. The van der Waals surface area contributed by atoms with Crippen molar-refractivity contribution in [2.45, 2.75) is 89.7 Å². The number of benzene rings is 2. The lowest BCUT2D eigenvalue weighted by Gasteiger charge is -2.43. The van der Waals surface area contributed by atoms with Crippen LogP contribution in [-0.4, -0.2) is 98.8 Å². The van der Waals surface area contributed by atoms with Crippen molar-refractivity contribution in [3.63, 3.8) is 0 Å². The second-order valence-corrected chi connectivity index (χ2v) is 17.3. The maximum atomic E-state index is 14.4. The van der Waals surface area contributed by atoms with Gasteiger partial charge in [0.25, 0.3) is 0 Å². The van der Waals surface area contributed by atoms with E-state index >= 15 is 0 Å². The SMILES string of the molecule is CC(C)(C)CC(=O)NCCC(C)(C)CN(C[C@@H](O)[C@H](Cc1ccccc1)N(C(=O)[O-])[C@H]1CO[C@H]2OCC[C@H]21)S(=O)(=O)c1ccc2c(c1)OCO2. The quantitative estimate of drug-likeness (QED) is 0.280. The maximum Gasteiger partial charge on any atom is 0.243 e. The third-order valence-corrected chi connectivity index (χ3v) is 11.3. The van der Waals surface area contributed by atoms with Crippen molar-refractivity contribution in [1.82, 2.24) is 14.5 Å². The maximum absolute atomic E-state index is 14.4. The molecule has 2 fully saturated rings. The molecule has 5 atom stereocenters. The second-order valence-electron chi connectivity index (χ2n) is 15.4. The van der Waals surface area contributed by atoms with Crippen LogP contribution in [0.4, 0.5) is 4.79 Å². The smallest absolute Gasteiger partial charge is 0.243 e. The zero-order chi connectivity index (χ0) is 36.3. The molecule has 2 amide bonds. The van der Waals surface area contributed by atoms with E-state index in [0.29, 0.717) is 38.2 Å². The zero-order valence-electron chi connectivity index (χ0n) is 29.5. The summed E-state index contributed by atoms with van der Waals surface area (Å²) in [6, 6.07) is 11.7. The van der Waals surface area contributed by atoms with E-state index in [-0.39, 0.29) is 54.3 Å². The summed E-state index contributed by atoms with van der Waals surface area (Å²) in [4.78, 5) is 26.5. The zero-order valence-corrected chi connectivity index (χ0v) is 30.3. The number of carbonyl (C=O) groups excluding carboxylic acids is 2. The molecule has 3 aliphatic heterocycles. The molecule has 5 rings (SSSR count). The van der Waals surface area contributed by atoms with Gasteiger partial charge in [-0.15, -0.1) is 0 Å². The third-order valence-electron chi connectivity index (χ3n) is 9.46. The average Bonchev–Trinajstić information content (AvgIpc) is 3.78. The molecule has 2 saturated heterocycles. The molecule has 0 aliphatic carbocycles. The van der Waals surface area contributed by atoms with Gasteiger partial charge in [-0.2, -0.15) is 4.31 Å². The van der Waals surface area contributed by atoms with Crippen molar-refractivity contribution < 1.29 is 47.2 Å². The molecule has 0 aromatic heterocycles. The Balaban J connectivity index is 1.44. The number of sulfonamides is 1. The van der Waals surface area contributed by atoms with E-state index in [0.717, 1.165) is 10.5 Å². The third kappa shape index (κ3) is 9.26. The number of hydrogen-bond donors (Lipinski definition) is 2. The molecule has 0 saturated carbocycles. The number of hydrogen-bond acceptors (Lipinski definition) is 10. The largest absolute Gasteiger partial charge is 0.530 e. The van der Waals surface area contributed by atoms with Crippen LogP contribution in [0.1, 0.15) is 59.4 Å². The van der Waals surface area contributed by atoms with Crippen LogP contribution in [0.3, 0.4) is 0 Å². The van der Waals surface area contributed by atoms with Crippen LogP contribution in [0.25, 0.3) is 0 Å². The normalized spacial score (nSPS) is 21.5. The van der Waals surface area contributed by atoms with Crippen molar-refractivity contribution in [3.05, 3.63) is 54.1 Å². The molecule has 3 aliphatic rings. The molecule has 13 nitrogen and oxygen atoms in total. The molecule has 0 bridgehead atoms. The van der Waals surface area contributed by atoms with E-state index < -0.39 is 52.6 Å². The molecule has 2 aromatic rings. The van der Waals surface area contributed by atoms with Crippen molar-refractivity contribution in [2.75, 3.05) is 39.6 Å². The lowest BCUT2D eigenvalue weighted by Crippen LogP contribution is -2.61. The fraction of sp³-hybridized carbons (Fsp3) is 0.611. The molecule has 276 valence electrons. The van der Waals surface area contributed by atoms with Crippen molar-refractivity contribution in [3.8, 4) is 11.5 Å². The van der Waals surface area contributed by atoms with E-state index in [1.165, 1.54) is 22.5 Å². The van der Waals surface area contributed by atoms with E-state index in [1.807, 2.05) is 65.0 Å². The van der Waals surface area contributed by atoms with Crippen LogP contribution in [0.15, 0.2) is 53.4 Å². The number of aliphatic hydroxyl groups excluding tert-OH is 1. The Bertz CT molecular complexity index is 1600. The Morgan fingerprint density at radius 3 is 2.46 bits per heavy atom. The van der Waals surface area contributed by atoms with Crippen LogP contribution in [0, 0.1) is 16.7 Å². The number of rotatable bonds is 15. The summed E-state index contributed by atoms with van der Waals surface area (Å²) in [6.07, 6.45) is -2.04. The lowest BCUT2D eigenvalue weighted by atomic mass is 9.88. The summed E-state index contributed by atoms with van der Waals surface area (Å²) in [5.74, 6) is 0.360. The van der Waals surface area contributed by atoms with Crippen molar-refractivity contribution in [2.24, 2.45) is 16.7 Å². The van der Waals surface area contributed by atoms with Gasteiger partial charge in [-0.1, -0.05) is 65.0 Å². The Kier molecular flexibility index (Phi) is 11.7. The number of carbonyl (C=O) groups is 2. The van der Waals surface area contributed by atoms with E-state index in [1.54, 1.807) is 0 Å².